The molecule has 7 nitrogen and oxygen atoms in total. The summed E-state index contributed by atoms with van der Waals surface area (Å²) in [5.41, 5.74) is 10.7. The molecule has 0 heterocycles. The van der Waals surface area contributed by atoms with Crippen molar-refractivity contribution in [1.29, 1.82) is 0 Å². The first kappa shape index (κ1) is 24.3. The first-order valence-corrected chi connectivity index (χ1v) is 13.0. The maximum Gasteiger partial charge on any atom is 0.419 e. The Morgan fingerprint density at radius 2 is 1.76 bits per heavy atom. The van der Waals surface area contributed by atoms with Crippen molar-refractivity contribution in [3.8, 4) is 0 Å². The molecule has 2 aliphatic rings. The number of ether oxygens (including phenoxy) is 1. The third-order valence-corrected chi connectivity index (χ3v) is 9.73. The lowest BCUT2D eigenvalue weighted by molar-refractivity contribution is -0.153. The van der Waals surface area contributed by atoms with Gasteiger partial charge < -0.3 is 10.3 Å². The summed E-state index contributed by atoms with van der Waals surface area (Å²) in [6.45, 7) is 8.42. The monoisotopic (exact) mass is 481 g/mol. The van der Waals surface area contributed by atoms with Crippen LogP contribution in [0.25, 0.3) is 5.53 Å². The van der Waals surface area contributed by atoms with Crippen molar-refractivity contribution in [2.24, 2.45) is 16.7 Å². The lowest BCUT2D eigenvalue weighted by Crippen LogP contribution is -2.43. The maximum atomic E-state index is 13.3. The molecule has 4 atom stereocenters. The summed E-state index contributed by atoms with van der Waals surface area (Å²) >= 11 is 0. The van der Waals surface area contributed by atoms with Crippen LogP contribution < -0.4 is 4.72 Å². The Morgan fingerprint density at radius 3 is 2.29 bits per heavy atom. The summed E-state index contributed by atoms with van der Waals surface area (Å²) in [5.74, 6) is -0.368. The van der Waals surface area contributed by atoms with Crippen molar-refractivity contribution < 1.29 is 22.7 Å². The van der Waals surface area contributed by atoms with Crippen LogP contribution in [0.2, 0.25) is 0 Å². The summed E-state index contributed by atoms with van der Waals surface area (Å²) < 4.78 is 34.8. The molecule has 0 spiro atoms. The molecule has 0 saturated heterocycles. The third kappa shape index (κ3) is 4.11. The molecule has 2 aliphatic carbocycles. The zero-order valence-electron chi connectivity index (χ0n) is 20.0. The smallest absolute Gasteiger partial charge is 0.419 e. The molecule has 180 valence electrons. The number of hydrogen-bond acceptors (Lipinski definition) is 4. The summed E-state index contributed by atoms with van der Waals surface area (Å²) in [4.78, 5) is 16.6. The van der Waals surface area contributed by atoms with E-state index in [0.717, 1.165) is 24.8 Å². The minimum absolute atomic E-state index is 0.0281. The number of nitrogens with one attached hydrogen (secondary N) is 1. The van der Waals surface area contributed by atoms with Gasteiger partial charge in [0.2, 0.25) is 10.0 Å². The number of fused-ring (bicyclic) bond motifs is 2. The highest BCUT2D eigenvalue weighted by molar-refractivity contribution is 7.89. The molecule has 2 bridgehead atoms. The lowest BCUT2D eigenvalue weighted by atomic mass is 9.70. The molecular weight excluding hydrogens is 450 g/mol. The number of sulfonamides is 1. The van der Waals surface area contributed by atoms with Crippen LogP contribution in [0.1, 0.15) is 57.2 Å². The van der Waals surface area contributed by atoms with Gasteiger partial charge in [-0.25, -0.2) is 13.2 Å². The van der Waals surface area contributed by atoms with Gasteiger partial charge in [-0.2, -0.15) is 9.51 Å². The Hall–Kier alpha value is -2.80. The van der Waals surface area contributed by atoms with Gasteiger partial charge in [0.15, 0.2) is 6.04 Å². The number of carbonyl (C=O) groups is 1. The Morgan fingerprint density at radius 1 is 1.12 bits per heavy atom. The number of aryl methyl sites for hydroxylation is 1. The van der Waals surface area contributed by atoms with E-state index in [1.807, 2.05) is 6.92 Å². The predicted octanol–water partition coefficient (Wildman–Crippen LogP) is 4.44. The molecule has 0 radical (unpaired) electrons. The Labute approximate surface area is 201 Å². The van der Waals surface area contributed by atoms with Gasteiger partial charge in [0, 0.05) is 5.41 Å². The van der Waals surface area contributed by atoms with Crippen LogP contribution in [0.4, 0.5) is 0 Å². The average molecular weight is 482 g/mol. The molecule has 1 N–H and O–H groups in total. The van der Waals surface area contributed by atoms with Crippen molar-refractivity contribution in [3.63, 3.8) is 0 Å². The molecule has 2 fully saturated rings. The molecule has 0 amide bonds. The summed E-state index contributed by atoms with van der Waals surface area (Å²) in [5, 5.41) is 0. The van der Waals surface area contributed by atoms with E-state index in [1.165, 1.54) is 12.1 Å². The van der Waals surface area contributed by atoms with Crippen molar-refractivity contribution in [1.82, 2.24) is 4.72 Å². The summed E-state index contributed by atoms with van der Waals surface area (Å²) in [6, 6.07) is 13.7. The Kier molecular flexibility index (Phi) is 6.27. The molecule has 2 saturated carbocycles. The molecule has 8 heteroatoms. The first-order chi connectivity index (χ1) is 16.0. The van der Waals surface area contributed by atoms with Crippen LogP contribution >= 0.6 is 0 Å². The molecule has 34 heavy (non-hydrogen) atoms. The number of rotatable bonds is 7. The van der Waals surface area contributed by atoms with Crippen LogP contribution in [-0.4, -0.2) is 31.0 Å². The zero-order valence-corrected chi connectivity index (χ0v) is 20.8. The van der Waals surface area contributed by atoms with E-state index in [-0.39, 0.29) is 21.8 Å². The highest BCUT2D eigenvalue weighted by Gasteiger charge is 2.63. The number of carbonyl (C=O) groups excluding carboxylic acids is 1. The fourth-order valence-electron chi connectivity index (χ4n) is 5.58. The van der Waals surface area contributed by atoms with E-state index in [1.54, 1.807) is 42.5 Å². The molecule has 2 aromatic carbocycles. The molecule has 0 aromatic heterocycles. The van der Waals surface area contributed by atoms with E-state index in [9.17, 15) is 18.7 Å². The second-order valence-electron chi connectivity index (χ2n) is 10.3. The van der Waals surface area contributed by atoms with Gasteiger partial charge in [0.1, 0.15) is 6.10 Å². The third-order valence-electron chi connectivity index (χ3n) is 8.29. The van der Waals surface area contributed by atoms with Gasteiger partial charge in [0.05, 0.1) is 4.90 Å². The van der Waals surface area contributed by atoms with Gasteiger partial charge in [-0.05, 0) is 55.2 Å². The normalized spacial score (nSPS) is 26.0. The highest BCUT2D eigenvalue weighted by atomic mass is 32.2. The first-order valence-electron chi connectivity index (χ1n) is 11.6. The van der Waals surface area contributed by atoms with Crippen LogP contribution in [-0.2, 0) is 19.6 Å². The second-order valence-corrected chi connectivity index (χ2v) is 12.0. The molecule has 2 aromatic rings. The largest absolute Gasteiger partial charge is 0.453 e. The van der Waals surface area contributed by atoms with E-state index in [2.05, 4.69) is 30.3 Å². The van der Waals surface area contributed by atoms with E-state index in [0.29, 0.717) is 11.5 Å². The SMILES string of the molecule is Cc1ccc(S(=O)(=O)N[C@H](C(=[N+]=[N-])C(=O)O[C@@H]2C[C@H]3CC[C@]2(C)C3(C)C)c2ccccc2)cc1. The van der Waals surface area contributed by atoms with Gasteiger partial charge >= 0.3 is 11.7 Å². The fourth-order valence-corrected chi connectivity index (χ4v) is 6.77. The number of hydrogen-bond donors (Lipinski definition) is 1. The highest BCUT2D eigenvalue weighted by Crippen LogP contribution is 2.66. The lowest BCUT2D eigenvalue weighted by Gasteiger charge is -2.38. The van der Waals surface area contributed by atoms with Crippen LogP contribution in [0.5, 0.6) is 0 Å². The molecule has 4 rings (SSSR count). The van der Waals surface area contributed by atoms with Crippen LogP contribution in [0.3, 0.4) is 0 Å². The minimum Gasteiger partial charge on any atom is -0.453 e. The van der Waals surface area contributed by atoms with Crippen molar-refractivity contribution in [2.75, 3.05) is 0 Å². The Balaban J connectivity index is 1.64. The summed E-state index contributed by atoms with van der Waals surface area (Å²) in [6.07, 6.45) is 2.48. The molecule has 0 aliphatic heterocycles. The van der Waals surface area contributed by atoms with Crippen molar-refractivity contribution >= 4 is 21.7 Å². The summed E-state index contributed by atoms with van der Waals surface area (Å²) in [7, 11) is -4.03. The molecule has 0 unspecified atom stereocenters. The minimum atomic E-state index is -4.03. The van der Waals surface area contributed by atoms with E-state index in [4.69, 9.17) is 4.74 Å². The fraction of sp³-hybridized carbons (Fsp3) is 0.462. The zero-order chi connectivity index (χ0) is 24.7. The topological polar surface area (TPSA) is 109 Å². The van der Waals surface area contributed by atoms with E-state index >= 15 is 0 Å². The maximum absolute atomic E-state index is 13.3. The quantitative estimate of drug-likeness (QED) is 0.273. The van der Waals surface area contributed by atoms with Gasteiger partial charge in [-0.1, -0.05) is 68.8 Å². The van der Waals surface area contributed by atoms with Crippen LogP contribution in [0.15, 0.2) is 59.5 Å². The van der Waals surface area contributed by atoms with Crippen molar-refractivity contribution in [3.05, 3.63) is 71.3 Å². The Bertz CT molecular complexity index is 1230. The number of esters is 1. The standard InChI is InChI=1S/C26H31N3O4S/c1-17-10-12-20(13-11-17)34(31,32)29-22(18-8-6-5-7-9-18)23(28-27)24(30)33-21-16-19-14-15-26(21,4)25(19,2)3/h5-13,19,21-22,29H,14-16H2,1-4H3/t19-,21-,22+,26+/m1/s1. The van der Waals surface area contributed by atoms with E-state index < -0.39 is 27.7 Å². The number of benzene rings is 2. The van der Waals surface area contributed by atoms with Gasteiger partial charge in [-0.15, -0.1) is 0 Å². The molecular formula is C26H31N3O4S. The average Bonchev–Trinajstić information content (AvgIpc) is 3.13. The second kappa shape index (κ2) is 8.77. The van der Waals surface area contributed by atoms with Crippen LogP contribution in [0, 0.1) is 23.7 Å². The van der Waals surface area contributed by atoms with Gasteiger partial charge in [-0.3, -0.25) is 0 Å². The van der Waals surface area contributed by atoms with Crippen molar-refractivity contribution in [2.45, 2.75) is 64.0 Å². The van der Waals surface area contributed by atoms with Gasteiger partial charge in [0.25, 0.3) is 0 Å². The number of nitrogens with zero attached hydrogens (tertiary/aromatic N) is 2. The predicted molar refractivity (Wildman–Crippen MR) is 128 cm³/mol.